The van der Waals surface area contributed by atoms with Crippen LogP contribution in [0.3, 0.4) is 0 Å². The van der Waals surface area contributed by atoms with Crippen LogP contribution in [0.4, 0.5) is 13.2 Å². The van der Waals surface area contributed by atoms with E-state index in [1.807, 2.05) is 30.5 Å². The minimum Gasteiger partial charge on any atom is -0.321 e. The number of thioether (sulfide) groups is 1. The van der Waals surface area contributed by atoms with Gasteiger partial charge in [0.05, 0.1) is 13.0 Å². The number of carbonyl (C=O) groups is 1. The molecule has 2 rings (SSSR count). The fourth-order valence-electron chi connectivity index (χ4n) is 2.12. The van der Waals surface area contributed by atoms with Gasteiger partial charge in [0.25, 0.3) is 0 Å². The maximum atomic E-state index is 12.3. The molecule has 20 heavy (non-hydrogen) atoms. The molecular formula is C13H15F3N2OS. The lowest BCUT2D eigenvalue weighted by atomic mass is 10.1. The number of amides is 1. The van der Waals surface area contributed by atoms with Crippen molar-refractivity contribution in [3.63, 3.8) is 0 Å². The molecule has 3 nitrogen and oxygen atoms in total. The highest BCUT2D eigenvalue weighted by Gasteiger charge is 2.35. The summed E-state index contributed by atoms with van der Waals surface area (Å²) in [5, 5.41) is 2.95. The number of carbonyl (C=O) groups excluding carboxylic acids is 1. The highest BCUT2D eigenvalue weighted by atomic mass is 32.2. The molecule has 0 aliphatic carbocycles. The van der Waals surface area contributed by atoms with Crippen LogP contribution in [0.5, 0.6) is 0 Å². The van der Waals surface area contributed by atoms with E-state index in [4.69, 9.17) is 0 Å². The topological polar surface area (TPSA) is 32.3 Å². The molecule has 0 spiro atoms. The van der Waals surface area contributed by atoms with Crippen molar-refractivity contribution >= 4 is 17.7 Å². The standard InChI is InChI=1S/C13H15F3N2OS/c1-20-10-4-2-9(3-5-10)12-17-8-11(19)18(12)7-6-13(14,15)16/h2-5,12,17H,6-8H2,1H3. The summed E-state index contributed by atoms with van der Waals surface area (Å²) in [6.07, 6.45) is -3.77. The summed E-state index contributed by atoms with van der Waals surface area (Å²) in [5.41, 5.74) is 0.802. The Kier molecular flexibility index (Phi) is 4.59. The van der Waals surface area contributed by atoms with Gasteiger partial charge in [-0.05, 0) is 24.0 Å². The summed E-state index contributed by atoms with van der Waals surface area (Å²) in [6.45, 7) is -0.239. The van der Waals surface area contributed by atoms with Crippen LogP contribution in [0.25, 0.3) is 0 Å². The molecule has 110 valence electrons. The Morgan fingerprint density at radius 1 is 1.35 bits per heavy atom. The van der Waals surface area contributed by atoms with Gasteiger partial charge in [-0.2, -0.15) is 13.2 Å². The van der Waals surface area contributed by atoms with E-state index in [2.05, 4.69) is 5.32 Å². The first-order valence-corrected chi connectivity index (χ1v) is 7.37. The summed E-state index contributed by atoms with van der Waals surface area (Å²) >= 11 is 1.59. The molecule has 1 saturated heterocycles. The zero-order chi connectivity index (χ0) is 14.8. The minimum atomic E-state index is -4.25. The fourth-order valence-corrected chi connectivity index (χ4v) is 2.53. The molecule has 7 heteroatoms. The number of halogens is 3. The predicted octanol–water partition coefficient (Wildman–Crippen LogP) is 2.79. The van der Waals surface area contributed by atoms with Crippen molar-refractivity contribution in [2.45, 2.75) is 23.7 Å². The summed E-state index contributed by atoms with van der Waals surface area (Å²) in [5.74, 6) is -0.298. The van der Waals surface area contributed by atoms with E-state index in [1.165, 1.54) is 4.90 Å². The Balaban J connectivity index is 2.10. The normalized spacial score (nSPS) is 19.7. The van der Waals surface area contributed by atoms with Gasteiger partial charge in [0.15, 0.2) is 0 Å². The van der Waals surface area contributed by atoms with E-state index in [1.54, 1.807) is 11.8 Å². The third-order valence-corrected chi connectivity index (χ3v) is 3.89. The van der Waals surface area contributed by atoms with Gasteiger partial charge in [0, 0.05) is 11.4 Å². The molecule has 1 amide bonds. The van der Waals surface area contributed by atoms with E-state index in [9.17, 15) is 18.0 Å². The van der Waals surface area contributed by atoms with Gasteiger partial charge in [0.2, 0.25) is 5.91 Å². The Labute approximate surface area is 119 Å². The van der Waals surface area contributed by atoms with E-state index < -0.39 is 18.8 Å². The zero-order valence-electron chi connectivity index (χ0n) is 10.9. The Hall–Kier alpha value is -1.21. The maximum absolute atomic E-state index is 12.3. The molecule has 0 aromatic heterocycles. The van der Waals surface area contributed by atoms with E-state index >= 15 is 0 Å². The van der Waals surface area contributed by atoms with Crippen molar-refractivity contribution in [3.05, 3.63) is 29.8 Å². The highest BCUT2D eigenvalue weighted by Crippen LogP contribution is 2.27. The second kappa shape index (κ2) is 6.05. The van der Waals surface area contributed by atoms with Crippen molar-refractivity contribution in [1.29, 1.82) is 0 Å². The molecule has 0 bridgehead atoms. The molecule has 0 radical (unpaired) electrons. The Bertz CT molecular complexity index is 475. The average Bonchev–Trinajstić information content (AvgIpc) is 2.77. The molecule has 1 unspecified atom stereocenters. The zero-order valence-corrected chi connectivity index (χ0v) is 11.7. The quantitative estimate of drug-likeness (QED) is 0.868. The van der Waals surface area contributed by atoms with Crippen molar-refractivity contribution in [3.8, 4) is 0 Å². The number of nitrogens with one attached hydrogen (secondary N) is 1. The lowest BCUT2D eigenvalue weighted by molar-refractivity contribution is -0.144. The molecule has 1 aliphatic rings. The van der Waals surface area contributed by atoms with Gasteiger partial charge >= 0.3 is 6.18 Å². The second-order valence-corrected chi connectivity index (χ2v) is 5.39. The first kappa shape index (κ1) is 15.2. The number of nitrogens with zero attached hydrogens (tertiary/aromatic N) is 1. The highest BCUT2D eigenvalue weighted by molar-refractivity contribution is 7.98. The largest absolute Gasteiger partial charge is 0.390 e. The summed E-state index contributed by atoms with van der Waals surface area (Å²) < 4.78 is 36.9. The number of rotatable bonds is 4. The van der Waals surface area contributed by atoms with Crippen LogP contribution in [0.1, 0.15) is 18.2 Å². The van der Waals surface area contributed by atoms with Crippen molar-refractivity contribution in [2.24, 2.45) is 0 Å². The van der Waals surface area contributed by atoms with Crippen molar-refractivity contribution < 1.29 is 18.0 Å². The Morgan fingerprint density at radius 3 is 2.55 bits per heavy atom. The van der Waals surface area contributed by atoms with Crippen LogP contribution in [0.2, 0.25) is 0 Å². The van der Waals surface area contributed by atoms with Crippen LogP contribution in [-0.4, -0.2) is 36.3 Å². The van der Waals surface area contributed by atoms with Gasteiger partial charge in [-0.3, -0.25) is 10.1 Å². The molecule has 1 aliphatic heterocycles. The minimum absolute atomic E-state index is 0.0762. The molecule has 1 fully saturated rings. The number of hydrogen-bond donors (Lipinski definition) is 1. The van der Waals surface area contributed by atoms with Crippen LogP contribution in [-0.2, 0) is 4.79 Å². The molecule has 1 aromatic rings. The van der Waals surface area contributed by atoms with Gasteiger partial charge in [0.1, 0.15) is 6.17 Å². The lowest BCUT2D eigenvalue weighted by Gasteiger charge is -2.25. The third-order valence-electron chi connectivity index (χ3n) is 3.15. The van der Waals surface area contributed by atoms with Gasteiger partial charge in [-0.15, -0.1) is 11.8 Å². The van der Waals surface area contributed by atoms with Crippen LogP contribution >= 0.6 is 11.8 Å². The van der Waals surface area contributed by atoms with Crippen molar-refractivity contribution in [1.82, 2.24) is 10.2 Å². The first-order valence-electron chi connectivity index (χ1n) is 6.14. The number of benzene rings is 1. The van der Waals surface area contributed by atoms with E-state index in [0.717, 1.165) is 10.5 Å². The number of hydrogen-bond acceptors (Lipinski definition) is 3. The molecular weight excluding hydrogens is 289 g/mol. The monoisotopic (exact) mass is 304 g/mol. The van der Waals surface area contributed by atoms with Gasteiger partial charge in [-0.1, -0.05) is 12.1 Å². The van der Waals surface area contributed by atoms with Crippen molar-refractivity contribution in [2.75, 3.05) is 19.3 Å². The molecule has 1 aromatic carbocycles. The maximum Gasteiger partial charge on any atom is 0.390 e. The van der Waals surface area contributed by atoms with Gasteiger partial charge < -0.3 is 4.90 Å². The van der Waals surface area contributed by atoms with Crippen LogP contribution in [0, 0.1) is 0 Å². The first-order chi connectivity index (χ1) is 9.40. The average molecular weight is 304 g/mol. The predicted molar refractivity (Wildman–Crippen MR) is 71.4 cm³/mol. The van der Waals surface area contributed by atoms with Crippen LogP contribution in [0.15, 0.2) is 29.2 Å². The van der Waals surface area contributed by atoms with E-state index in [-0.39, 0.29) is 19.0 Å². The smallest absolute Gasteiger partial charge is 0.321 e. The lowest BCUT2D eigenvalue weighted by Crippen LogP contribution is -2.33. The number of alkyl halides is 3. The molecule has 1 N–H and O–H groups in total. The molecule has 1 atom stereocenters. The third kappa shape index (κ3) is 3.67. The Morgan fingerprint density at radius 2 is 2.00 bits per heavy atom. The fraction of sp³-hybridized carbons (Fsp3) is 0.462. The van der Waals surface area contributed by atoms with E-state index in [0.29, 0.717) is 0 Å². The SMILES string of the molecule is CSc1ccc(C2NCC(=O)N2CCC(F)(F)F)cc1. The summed E-state index contributed by atoms with van der Waals surface area (Å²) in [4.78, 5) is 14.0. The summed E-state index contributed by atoms with van der Waals surface area (Å²) in [6, 6.07) is 7.46. The molecule has 0 saturated carbocycles. The second-order valence-electron chi connectivity index (χ2n) is 4.51. The van der Waals surface area contributed by atoms with Crippen LogP contribution < -0.4 is 5.32 Å². The summed E-state index contributed by atoms with van der Waals surface area (Å²) in [7, 11) is 0. The molecule has 1 heterocycles. The van der Waals surface area contributed by atoms with Gasteiger partial charge in [-0.25, -0.2) is 0 Å².